The monoisotopic (exact) mass is 354 g/mol. The van der Waals surface area contributed by atoms with E-state index in [9.17, 15) is 22.8 Å². The molecule has 134 valence electrons. The fraction of sp³-hybridized carbons (Fsp3) is 0.438. The van der Waals surface area contributed by atoms with E-state index in [0.29, 0.717) is 5.69 Å². The maximum absolute atomic E-state index is 12.8. The van der Waals surface area contributed by atoms with Gasteiger partial charge in [0.15, 0.2) is 5.69 Å². The molecule has 0 spiro atoms. The highest BCUT2D eigenvalue weighted by atomic mass is 19.4. The lowest BCUT2D eigenvalue weighted by atomic mass is 10.2. The van der Waals surface area contributed by atoms with E-state index in [4.69, 9.17) is 0 Å². The first-order valence-corrected chi connectivity index (χ1v) is 7.86. The first-order valence-electron chi connectivity index (χ1n) is 7.86. The maximum Gasteiger partial charge on any atom is 0.435 e. The summed E-state index contributed by atoms with van der Waals surface area (Å²) >= 11 is 0. The number of carbonyl (C=O) groups is 1. The van der Waals surface area contributed by atoms with Gasteiger partial charge in [0.25, 0.3) is 11.5 Å². The average Bonchev–Trinajstić information content (AvgIpc) is 3.29. The van der Waals surface area contributed by atoms with Gasteiger partial charge < -0.3 is 9.88 Å². The summed E-state index contributed by atoms with van der Waals surface area (Å²) in [6.07, 6.45) is -1.28. The Balaban J connectivity index is 1.68. The van der Waals surface area contributed by atoms with Crippen LogP contribution in [0.3, 0.4) is 0 Å². The zero-order valence-electron chi connectivity index (χ0n) is 13.5. The summed E-state index contributed by atoms with van der Waals surface area (Å²) in [5.41, 5.74) is -0.823. The lowest BCUT2D eigenvalue weighted by Crippen LogP contribution is -2.33. The third-order valence-electron chi connectivity index (χ3n) is 4.07. The number of halogens is 3. The van der Waals surface area contributed by atoms with E-state index in [-0.39, 0.29) is 24.6 Å². The van der Waals surface area contributed by atoms with Crippen molar-refractivity contribution in [1.29, 1.82) is 0 Å². The molecule has 0 radical (unpaired) electrons. The van der Waals surface area contributed by atoms with Crippen LogP contribution < -0.4 is 10.9 Å². The standard InChI is InChI=1S/C16H17F3N4O2/c1-22-7-2-3-11(15(22)25)14(24)20-6-8-23-12(10-4-5-10)9-13(21-23)16(17,18)19/h2-3,7,9-10H,4-6,8H2,1H3,(H,20,24). The van der Waals surface area contributed by atoms with Gasteiger partial charge in [-0.2, -0.15) is 18.3 Å². The third kappa shape index (κ3) is 3.75. The molecule has 1 amide bonds. The van der Waals surface area contributed by atoms with Gasteiger partial charge in [-0.15, -0.1) is 0 Å². The second kappa shape index (κ2) is 6.38. The van der Waals surface area contributed by atoms with Crippen molar-refractivity contribution in [2.45, 2.75) is 31.5 Å². The number of hydrogen-bond acceptors (Lipinski definition) is 3. The molecule has 0 aliphatic heterocycles. The highest BCUT2D eigenvalue weighted by Crippen LogP contribution is 2.42. The van der Waals surface area contributed by atoms with Crippen LogP contribution in [0.1, 0.15) is 40.5 Å². The predicted octanol–water partition coefficient (Wildman–Crippen LogP) is 1.91. The summed E-state index contributed by atoms with van der Waals surface area (Å²) in [6.45, 7) is 0.191. The van der Waals surface area contributed by atoms with Crippen molar-refractivity contribution >= 4 is 5.91 Å². The van der Waals surface area contributed by atoms with Crippen molar-refractivity contribution < 1.29 is 18.0 Å². The summed E-state index contributed by atoms with van der Waals surface area (Å²) in [7, 11) is 1.53. The molecule has 1 aliphatic rings. The second-order valence-corrected chi connectivity index (χ2v) is 6.04. The fourth-order valence-electron chi connectivity index (χ4n) is 2.60. The number of carbonyl (C=O) groups excluding carboxylic acids is 1. The SMILES string of the molecule is Cn1cccc(C(=O)NCCn2nc(C(F)(F)F)cc2C2CC2)c1=O. The number of hydrogen-bond donors (Lipinski definition) is 1. The number of aryl methyl sites for hydroxylation is 1. The highest BCUT2D eigenvalue weighted by molar-refractivity contribution is 5.93. The van der Waals surface area contributed by atoms with E-state index in [1.54, 1.807) is 6.07 Å². The Kier molecular flexibility index (Phi) is 4.40. The van der Waals surface area contributed by atoms with Gasteiger partial charge in [0, 0.05) is 31.4 Å². The predicted molar refractivity (Wildman–Crippen MR) is 83.2 cm³/mol. The van der Waals surface area contributed by atoms with Crippen LogP contribution in [0, 0.1) is 0 Å². The van der Waals surface area contributed by atoms with Crippen LogP contribution in [-0.4, -0.2) is 26.8 Å². The molecule has 0 aromatic carbocycles. The van der Waals surface area contributed by atoms with Crippen LogP contribution in [-0.2, 0) is 19.8 Å². The van der Waals surface area contributed by atoms with E-state index in [1.165, 1.54) is 28.6 Å². The van der Waals surface area contributed by atoms with Crippen molar-refractivity contribution in [2.75, 3.05) is 6.54 Å². The van der Waals surface area contributed by atoms with Crippen LogP contribution in [0.25, 0.3) is 0 Å². The lowest BCUT2D eigenvalue weighted by molar-refractivity contribution is -0.141. The van der Waals surface area contributed by atoms with Gasteiger partial charge in [-0.25, -0.2) is 0 Å². The van der Waals surface area contributed by atoms with Crippen molar-refractivity contribution in [3.05, 3.63) is 51.7 Å². The van der Waals surface area contributed by atoms with Crippen molar-refractivity contribution in [2.24, 2.45) is 7.05 Å². The maximum atomic E-state index is 12.8. The van der Waals surface area contributed by atoms with Crippen molar-refractivity contribution in [3.63, 3.8) is 0 Å². The number of amides is 1. The van der Waals surface area contributed by atoms with E-state index in [1.807, 2.05) is 0 Å². The van der Waals surface area contributed by atoms with Crippen LogP contribution >= 0.6 is 0 Å². The minimum Gasteiger partial charge on any atom is -0.350 e. The molecule has 2 heterocycles. The number of rotatable bonds is 5. The van der Waals surface area contributed by atoms with Gasteiger partial charge in [-0.05, 0) is 31.0 Å². The lowest BCUT2D eigenvalue weighted by Gasteiger charge is -2.09. The molecule has 9 heteroatoms. The van der Waals surface area contributed by atoms with E-state index in [0.717, 1.165) is 18.9 Å². The molecule has 0 bridgehead atoms. The van der Waals surface area contributed by atoms with Gasteiger partial charge in [-0.3, -0.25) is 14.3 Å². The molecule has 0 atom stereocenters. The Morgan fingerprint density at radius 3 is 2.76 bits per heavy atom. The van der Waals surface area contributed by atoms with Crippen LogP contribution in [0.2, 0.25) is 0 Å². The summed E-state index contributed by atoms with van der Waals surface area (Å²) in [6, 6.07) is 4.06. The fourth-order valence-corrected chi connectivity index (χ4v) is 2.60. The molecule has 2 aromatic rings. The molecule has 2 aromatic heterocycles. The second-order valence-electron chi connectivity index (χ2n) is 6.04. The zero-order chi connectivity index (χ0) is 18.2. The number of nitrogens with one attached hydrogen (secondary N) is 1. The number of aromatic nitrogens is 3. The van der Waals surface area contributed by atoms with Crippen LogP contribution in [0.15, 0.2) is 29.2 Å². The molecule has 3 rings (SSSR count). The summed E-state index contributed by atoms with van der Waals surface area (Å²) in [4.78, 5) is 23.9. The van der Waals surface area contributed by atoms with E-state index >= 15 is 0 Å². The quantitative estimate of drug-likeness (QED) is 0.892. The van der Waals surface area contributed by atoms with Gasteiger partial charge >= 0.3 is 6.18 Å². The van der Waals surface area contributed by atoms with Crippen molar-refractivity contribution in [3.8, 4) is 0 Å². The molecule has 1 fully saturated rings. The van der Waals surface area contributed by atoms with Crippen LogP contribution in [0.5, 0.6) is 0 Å². The number of pyridine rings is 1. The molecule has 0 saturated heterocycles. The van der Waals surface area contributed by atoms with Gasteiger partial charge in [0.2, 0.25) is 0 Å². The minimum absolute atomic E-state index is 0.0103. The Hall–Kier alpha value is -2.58. The molecule has 6 nitrogen and oxygen atoms in total. The Morgan fingerprint density at radius 2 is 2.12 bits per heavy atom. The van der Waals surface area contributed by atoms with Crippen molar-refractivity contribution in [1.82, 2.24) is 19.7 Å². The Bertz CT molecular complexity index is 850. The van der Waals surface area contributed by atoms with Gasteiger partial charge in [-0.1, -0.05) is 0 Å². The normalized spacial score (nSPS) is 14.6. The third-order valence-corrected chi connectivity index (χ3v) is 4.07. The van der Waals surface area contributed by atoms with E-state index < -0.39 is 23.3 Å². The molecule has 25 heavy (non-hydrogen) atoms. The molecular weight excluding hydrogens is 337 g/mol. The minimum atomic E-state index is -4.49. The Morgan fingerprint density at radius 1 is 1.40 bits per heavy atom. The zero-order valence-corrected chi connectivity index (χ0v) is 13.5. The molecular formula is C16H17F3N4O2. The summed E-state index contributed by atoms with van der Waals surface area (Å²) in [5, 5.41) is 6.17. The summed E-state index contributed by atoms with van der Waals surface area (Å²) < 4.78 is 41.1. The Labute approximate surface area is 141 Å². The first kappa shape index (κ1) is 17.2. The number of nitrogens with zero attached hydrogens (tertiary/aromatic N) is 3. The smallest absolute Gasteiger partial charge is 0.350 e. The van der Waals surface area contributed by atoms with E-state index in [2.05, 4.69) is 10.4 Å². The molecule has 1 saturated carbocycles. The highest BCUT2D eigenvalue weighted by Gasteiger charge is 2.37. The van der Waals surface area contributed by atoms with Gasteiger partial charge in [0.1, 0.15) is 5.56 Å². The molecule has 1 N–H and O–H groups in total. The molecule has 0 unspecified atom stereocenters. The topological polar surface area (TPSA) is 68.9 Å². The molecule has 1 aliphatic carbocycles. The van der Waals surface area contributed by atoms with Crippen LogP contribution in [0.4, 0.5) is 13.2 Å². The average molecular weight is 354 g/mol. The van der Waals surface area contributed by atoms with Gasteiger partial charge in [0.05, 0.1) is 6.54 Å². The largest absolute Gasteiger partial charge is 0.435 e. The first-order chi connectivity index (χ1) is 11.8. The summed E-state index contributed by atoms with van der Waals surface area (Å²) in [5.74, 6) is -0.460. The number of alkyl halides is 3.